The van der Waals surface area contributed by atoms with Gasteiger partial charge in [0.15, 0.2) is 0 Å². The Balaban J connectivity index is 3.11. The van der Waals surface area contributed by atoms with Gasteiger partial charge in [-0.2, -0.15) is 0 Å². The van der Waals surface area contributed by atoms with Crippen LogP contribution in [-0.2, 0) is 0 Å². The van der Waals surface area contributed by atoms with E-state index in [4.69, 9.17) is 0 Å². The summed E-state index contributed by atoms with van der Waals surface area (Å²) in [6.07, 6.45) is 0. The zero-order chi connectivity index (χ0) is 10.0. The van der Waals surface area contributed by atoms with Gasteiger partial charge in [-0.05, 0) is 28.3 Å². The third-order valence-corrected chi connectivity index (χ3v) is 2.67. The van der Waals surface area contributed by atoms with Gasteiger partial charge in [0.05, 0.1) is 0 Å². The van der Waals surface area contributed by atoms with Gasteiger partial charge in [0.2, 0.25) is 0 Å². The fourth-order valence-corrected chi connectivity index (χ4v) is 1.75. The molecule has 0 nitrogen and oxygen atoms in total. The minimum atomic E-state index is 0.623. The van der Waals surface area contributed by atoms with E-state index in [1.165, 1.54) is 16.4 Å². The van der Waals surface area contributed by atoms with Gasteiger partial charge >= 0.3 is 0 Å². The van der Waals surface area contributed by atoms with E-state index in [1.54, 1.807) is 0 Å². The van der Waals surface area contributed by atoms with Crippen LogP contribution >= 0.6 is 9.24 Å². The van der Waals surface area contributed by atoms with E-state index in [-0.39, 0.29) is 0 Å². The molecule has 0 fully saturated rings. The van der Waals surface area contributed by atoms with Crippen LogP contribution in [0.1, 0.15) is 50.7 Å². The summed E-state index contributed by atoms with van der Waals surface area (Å²) in [5.41, 5.74) is 2.88. The lowest BCUT2D eigenvalue weighted by Crippen LogP contribution is -2.00. The second kappa shape index (κ2) is 4.24. The Labute approximate surface area is 84.0 Å². The second-order valence-electron chi connectivity index (χ2n) is 4.24. The largest absolute Gasteiger partial charge is 0.106 e. The van der Waals surface area contributed by atoms with Crippen molar-refractivity contribution in [2.75, 3.05) is 0 Å². The highest BCUT2D eigenvalue weighted by Gasteiger charge is 2.04. The van der Waals surface area contributed by atoms with Gasteiger partial charge in [0.1, 0.15) is 0 Å². The third-order valence-electron chi connectivity index (χ3n) is 2.33. The normalized spacial score (nSPS) is 11.3. The molecule has 0 spiro atoms. The molecular formula is C12H19P. The monoisotopic (exact) mass is 194 g/mol. The number of hydrogen-bond acceptors (Lipinski definition) is 0. The van der Waals surface area contributed by atoms with Crippen molar-refractivity contribution in [1.29, 1.82) is 0 Å². The van der Waals surface area contributed by atoms with E-state index >= 15 is 0 Å². The minimum Gasteiger partial charge on any atom is -0.106 e. The van der Waals surface area contributed by atoms with Crippen LogP contribution in [0.25, 0.3) is 0 Å². The molecule has 1 rings (SSSR count). The predicted molar refractivity (Wildman–Crippen MR) is 64.0 cm³/mol. The Kier molecular flexibility index (Phi) is 3.50. The highest BCUT2D eigenvalue weighted by atomic mass is 31.0. The van der Waals surface area contributed by atoms with Gasteiger partial charge in [-0.1, -0.05) is 45.9 Å². The first kappa shape index (κ1) is 10.7. The highest BCUT2D eigenvalue weighted by molar-refractivity contribution is 7.27. The van der Waals surface area contributed by atoms with Crippen molar-refractivity contribution in [3.05, 3.63) is 29.3 Å². The molecule has 0 aliphatic rings. The Bertz CT molecular complexity index is 261. The van der Waals surface area contributed by atoms with Crippen molar-refractivity contribution < 1.29 is 0 Å². The SMILES string of the molecule is CC(C)c1cc(P)cc(C(C)C)c1. The van der Waals surface area contributed by atoms with Crippen molar-refractivity contribution in [1.82, 2.24) is 0 Å². The van der Waals surface area contributed by atoms with Crippen LogP contribution < -0.4 is 5.30 Å². The average Bonchev–Trinajstić information content (AvgIpc) is 2.03. The van der Waals surface area contributed by atoms with Gasteiger partial charge < -0.3 is 0 Å². The average molecular weight is 194 g/mol. The Morgan fingerprint density at radius 1 is 0.846 bits per heavy atom. The molecular weight excluding hydrogens is 175 g/mol. The van der Waals surface area contributed by atoms with Crippen molar-refractivity contribution in [3.63, 3.8) is 0 Å². The lowest BCUT2D eigenvalue weighted by atomic mass is 9.96. The van der Waals surface area contributed by atoms with Gasteiger partial charge in [-0.25, -0.2) is 0 Å². The first-order chi connectivity index (χ1) is 6.00. The molecule has 72 valence electrons. The molecule has 0 aliphatic carbocycles. The minimum absolute atomic E-state index is 0.623. The molecule has 0 amide bonds. The molecule has 1 aromatic rings. The van der Waals surface area contributed by atoms with Crippen LogP contribution in [0, 0.1) is 0 Å². The van der Waals surface area contributed by atoms with Crippen molar-refractivity contribution in [2.45, 2.75) is 39.5 Å². The maximum atomic E-state index is 2.79. The Morgan fingerprint density at radius 3 is 1.54 bits per heavy atom. The van der Waals surface area contributed by atoms with Gasteiger partial charge in [-0.15, -0.1) is 9.24 Å². The zero-order valence-electron chi connectivity index (χ0n) is 8.96. The van der Waals surface area contributed by atoms with Crippen LogP contribution in [0.4, 0.5) is 0 Å². The molecule has 0 saturated carbocycles. The summed E-state index contributed by atoms with van der Waals surface area (Å²) < 4.78 is 0. The number of rotatable bonds is 2. The van der Waals surface area contributed by atoms with Crippen LogP contribution in [-0.4, -0.2) is 0 Å². The first-order valence-electron chi connectivity index (χ1n) is 4.91. The second-order valence-corrected chi connectivity index (χ2v) is 4.91. The maximum Gasteiger partial charge on any atom is -0.0218 e. The fourth-order valence-electron chi connectivity index (χ4n) is 1.37. The molecule has 0 bridgehead atoms. The summed E-state index contributed by atoms with van der Waals surface area (Å²) in [5.74, 6) is 1.25. The van der Waals surface area contributed by atoms with E-state index in [0.29, 0.717) is 11.8 Å². The number of benzene rings is 1. The standard InChI is InChI=1S/C12H19P/c1-8(2)10-5-11(9(3)4)7-12(13)6-10/h5-9H,13H2,1-4H3. The van der Waals surface area contributed by atoms with Gasteiger partial charge in [-0.3, -0.25) is 0 Å². The van der Waals surface area contributed by atoms with Gasteiger partial charge in [0, 0.05) is 0 Å². The van der Waals surface area contributed by atoms with E-state index in [9.17, 15) is 0 Å². The molecule has 1 aromatic carbocycles. The summed E-state index contributed by atoms with van der Waals surface area (Å²) >= 11 is 0. The van der Waals surface area contributed by atoms with Crippen LogP contribution in [0.2, 0.25) is 0 Å². The van der Waals surface area contributed by atoms with E-state index in [2.05, 4.69) is 55.1 Å². The zero-order valence-corrected chi connectivity index (χ0v) is 10.1. The quantitative estimate of drug-likeness (QED) is 0.633. The van der Waals surface area contributed by atoms with E-state index in [0.717, 1.165) is 0 Å². The third kappa shape index (κ3) is 2.81. The summed E-state index contributed by atoms with van der Waals surface area (Å²) in [4.78, 5) is 0. The molecule has 1 unspecified atom stereocenters. The molecule has 1 heteroatoms. The lowest BCUT2D eigenvalue weighted by Gasteiger charge is -2.12. The van der Waals surface area contributed by atoms with Gasteiger partial charge in [0.25, 0.3) is 0 Å². The fraction of sp³-hybridized carbons (Fsp3) is 0.500. The van der Waals surface area contributed by atoms with E-state index in [1.807, 2.05) is 0 Å². The number of hydrogen-bond donors (Lipinski definition) is 0. The Hall–Kier alpha value is -0.350. The Morgan fingerprint density at radius 2 is 1.23 bits per heavy atom. The summed E-state index contributed by atoms with van der Waals surface area (Å²) in [6, 6.07) is 6.82. The summed E-state index contributed by atoms with van der Waals surface area (Å²) in [5, 5.41) is 1.30. The molecule has 0 heterocycles. The van der Waals surface area contributed by atoms with Crippen molar-refractivity contribution >= 4 is 14.5 Å². The highest BCUT2D eigenvalue weighted by Crippen LogP contribution is 2.20. The molecule has 1 atom stereocenters. The molecule has 13 heavy (non-hydrogen) atoms. The smallest absolute Gasteiger partial charge is 0.0218 e. The molecule has 0 radical (unpaired) electrons. The van der Waals surface area contributed by atoms with E-state index < -0.39 is 0 Å². The lowest BCUT2D eigenvalue weighted by molar-refractivity contribution is 0.836. The van der Waals surface area contributed by atoms with Crippen LogP contribution in [0.5, 0.6) is 0 Å². The predicted octanol–water partition coefficient (Wildman–Crippen LogP) is 3.43. The van der Waals surface area contributed by atoms with Crippen LogP contribution in [0.3, 0.4) is 0 Å². The summed E-state index contributed by atoms with van der Waals surface area (Å²) in [7, 11) is 2.79. The van der Waals surface area contributed by atoms with Crippen LogP contribution in [0.15, 0.2) is 18.2 Å². The first-order valence-corrected chi connectivity index (χ1v) is 5.48. The maximum absolute atomic E-state index is 2.79. The topological polar surface area (TPSA) is 0 Å². The van der Waals surface area contributed by atoms with Crippen molar-refractivity contribution in [2.24, 2.45) is 0 Å². The van der Waals surface area contributed by atoms with Crippen molar-refractivity contribution in [3.8, 4) is 0 Å². The summed E-state index contributed by atoms with van der Waals surface area (Å²) in [6.45, 7) is 8.96. The molecule has 0 aliphatic heterocycles. The molecule has 0 aromatic heterocycles. The molecule has 0 saturated heterocycles. The molecule has 0 N–H and O–H groups in total.